The molecule has 0 aliphatic heterocycles. The summed E-state index contributed by atoms with van der Waals surface area (Å²) in [6, 6.07) is 5.48. The van der Waals surface area contributed by atoms with E-state index in [0.717, 1.165) is 6.07 Å². The van der Waals surface area contributed by atoms with Crippen molar-refractivity contribution in [3.05, 3.63) is 57.6 Å². The van der Waals surface area contributed by atoms with Crippen molar-refractivity contribution in [2.24, 2.45) is 0 Å². The number of Topliss-reactive ketones (excluding diaryl/α,β-unsaturated/α-hetero) is 2. The molecule has 0 spiro atoms. The summed E-state index contributed by atoms with van der Waals surface area (Å²) in [5, 5.41) is 6.99. The van der Waals surface area contributed by atoms with Gasteiger partial charge in [0.25, 0.3) is 10.0 Å². The minimum atomic E-state index is -4.80. The second kappa shape index (κ2) is 8.62. The normalized spacial score (nSPS) is 11.8. The molecule has 0 fully saturated rings. The number of nitrogens with one attached hydrogen (secondary N) is 1. The highest BCUT2D eigenvalue weighted by Gasteiger charge is 2.34. The molecular weight excluding hydrogens is 474 g/mol. The maximum absolute atomic E-state index is 12.8. The van der Waals surface area contributed by atoms with Crippen LogP contribution in [0.5, 0.6) is 0 Å². The number of alkyl halides is 3. The van der Waals surface area contributed by atoms with Gasteiger partial charge in [-0.2, -0.15) is 13.2 Å². The summed E-state index contributed by atoms with van der Waals surface area (Å²) < 4.78 is 65.6. The Bertz CT molecular complexity index is 1130. The number of carbonyl (C=O) groups excluding carboxylic acids is 2. The molecule has 7 nitrogen and oxygen atoms in total. The number of carboxylic acids is 1. The first-order valence-corrected chi connectivity index (χ1v) is 9.94. The Labute approximate surface area is 177 Å². The number of sulfonamides is 1. The van der Waals surface area contributed by atoms with E-state index in [1.807, 2.05) is 4.72 Å². The van der Waals surface area contributed by atoms with Gasteiger partial charge >= 0.3 is 12.1 Å². The SMILES string of the molecule is O=C(O)C(=O)CC(=O)c1cccc(NS(=O)(=O)c2c(Cl)cc(C(F)(F)F)cc2Cl)c1. The second-order valence-electron chi connectivity index (χ2n) is 5.78. The Balaban J connectivity index is 2.36. The van der Waals surface area contributed by atoms with E-state index in [9.17, 15) is 36.0 Å². The second-order valence-corrected chi connectivity index (χ2v) is 8.22. The topological polar surface area (TPSA) is 118 Å². The molecule has 0 saturated carbocycles. The van der Waals surface area contributed by atoms with Crippen molar-refractivity contribution in [2.45, 2.75) is 17.5 Å². The van der Waals surface area contributed by atoms with Gasteiger partial charge in [-0.25, -0.2) is 13.2 Å². The van der Waals surface area contributed by atoms with E-state index in [4.69, 9.17) is 28.3 Å². The highest BCUT2D eigenvalue weighted by Crippen LogP contribution is 2.38. The first kappa shape index (κ1) is 23.6. The van der Waals surface area contributed by atoms with E-state index >= 15 is 0 Å². The maximum atomic E-state index is 12.8. The van der Waals surface area contributed by atoms with Gasteiger partial charge in [0.2, 0.25) is 5.78 Å². The smallest absolute Gasteiger partial charge is 0.416 e. The molecule has 0 heterocycles. The molecule has 0 amide bonds. The van der Waals surface area contributed by atoms with E-state index < -0.39 is 60.7 Å². The molecule has 30 heavy (non-hydrogen) atoms. The highest BCUT2D eigenvalue weighted by molar-refractivity contribution is 7.93. The summed E-state index contributed by atoms with van der Waals surface area (Å²) in [5.41, 5.74) is -1.61. The monoisotopic (exact) mass is 483 g/mol. The predicted octanol–water partition coefficient (Wildman–Crippen LogP) is 4.04. The minimum absolute atomic E-state index is 0.172. The van der Waals surface area contributed by atoms with Crippen LogP contribution in [0.4, 0.5) is 18.9 Å². The summed E-state index contributed by atoms with van der Waals surface area (Å²) in [4.78, 5) is 32.9. The number of halogens is 5. The van der Waals surface area contributed by atoms with Gasteiger partial charge in [-0.05, 0) is 24.3 Å². The molecule has 0 aromatic heterocycles. The Kier molecular flexibility index (Phi) is 6.80. The van der Waals surface area contributed by atoms with Gasteiger partial charge in [0.1, 0.15) is 4.90 Å². The Morgan fingerprint density at radius 2 is 1.60 bits per heavy atom. The van der Waals surface area contributed by atoms with Crippen LogP contribution in [0, 0.1) is 0 Å². The van der Waals surface area contributed by atoms with Crippen molar-refractivity contribution in [1.29, 1.82) is 0 Å². The van der Waals surface area contributed by atoms with Gasteiger partial charge in [0.05, 0.1) is 22.0 Å². The minimum Gasteiger partial charge on any atom is -0.475 e. The fourth-order valence-electron chi connectivity index (χ4n) is 2.27. The Hall–Kier alpha value is -2.63. The fourth-order valence-corrected chi connectivity index (χ4v) is 4.53. The van der Waals surface area contributed by atoms with Crippen LogP contribution in [-0.4, -0.2) is 31.1 Å². The number of hydrogen-bond acceptors (Lipinski definition) is 5. The summed E-state index contributed by atoms with van der Waals surface area (Å²) in [6.45, 7) is 0. The number of benzene rings is 2. The van der Waals surface area contributed by atoms with Crippen molar-refractivity contribution in [3.8, 4) is 0 Å². The van der Waals surface area contributed by atoms with Crippen LogP contribution in [0.2, 0.25) is 10.0 Å². The Morgan fingerprint density at radius 3 is 2.10 bits per heavy atom. The van der Waals surface area contributed by atoms with Crippen molar-refractivity contribution in [3.63, 3.8) is 0 Å². The van der Waals surface area contributed by atoms with Crippen LogP contribution in [0.25, 0.3) is 0 Å². The van der Waals surface area contributed by atoms with Crippen LogP contribution in [-0.2, 0) is 25.8 Å². The van der Waals surface area contributed by atoms with E-state index in [-0.39, 0.29) is 11.3 Å². The van der Waals surface area contributed by atoms with E-state index in [1.54, 1.807) is 0 Å². The van der Waals surface area contributed by atoms with Gasteiger partial charge < -0.3 is 5.11 Å². The maximum Gasteiger partial charge on any atom is 0.416 e. The number of hydrogen-bond donors (Lipinski definition) is 2. The Morgan fingerprint density at radius 1 is 1.03 bits per heavy atom. The lowest BCUT2D eigenvalue weighted by Gasteiger charge is -2.14. The van der Waals surface area contributed by atoms with Crippen molar-refractivity contribution < 1.29 is 41.1 Å². The van der Waals surface area contributed by atoms with Crippen LogP contribution < -0.4 is 4.72 Å². The lowest BCUT2D eigenvalue weighted by Crippen LogP contribution is -2.18. The molecule has 0 saturated heterocycles. The molecule has 0 aliphatic rings. The standard InChI is InChI=1S/C17H10Cl2F3NO6S/c18-11-5-9(17(20,21)22)6-12(19)15(11)30(28,29)23-10-3-1-2-8(4-10)13(24)7-14(25)16(26)27/h1-6,23H,7H2,(H,26,27). The number of aliphatic carboxylic acids is 1. The molecule has 2 aromatic rings. The molecule has 160 valence electrons. The number of ketones is 2. The van der Waals surface area contributed by atoms with Gasteiger partial charge in [0, 0.05) is 11.3 Å². The van der Waals surface area contributed by atoms with Crippen LogP contribution in [0.3, 0.4) is 0 Å². The van der Waals surface area contributed by atoms with Crippen LogP contribution in [0.15, 0.2) is 41.3 Å². The van der Waals surface area contributed by atoms with Gasteiger partial charge in [-0.15, -0.1) is 0 Å². The first-order valence-electron chi connectivity index (χ1n) is 7.71. The predicted molar refractivity (Wildman–Crippen MR) is 100 cm³/mol. The summed E-state index contributed by atoms with van der Waals surface area (Å²) in [5.74, 6) is -4.03. The van der Waals surface area contributed by atoms with Gasteiger partial charge in [-0.1, -0.05) is 35.3 Å². The summed E-state index contributed by atoms with van der Waals surface area (Å²) in [7, 11) is -4.57. The van der Waals surface area contributed by atoms with E-state index in [1.165, 1.54) is 18.2 Å². The molecule has 0 bridgehead atoms. The lowest BCUT2D eigenvalue weighted by atomic mass is 10.1. The third-order valence-electron chi connectivity index (χ3n) is 3.59. The van der Waals surface area contributed by atoms with Crippen molar-refractivity contribution in [2.75, 3.05) is 4.72 Å². The van der Waals surface area contributed by atoms with Gasteiger partial charge in [0.15, 0.2) is 5.78 Å². The summed E-state index contributed by atoms with van der Waals surface area (Å²) in [6.07, 6.45) is -5.74. The van der Waals surface area contributed by atoms with Gasteiger partial charge in [-0.3, -0.25) is 14.3 Å². The number of carboxylic acid groups (broad SMARTS) is 1. The zero-order chi connectivity index (χ0) is 22.9. The molecule has 2 aromatic carbocycles. The molecule has 13 heteroatoms. The molecule has 2 N–H and O–H groups in total. The lowest BCUT2D eigenvalue weighted by molar-refractivity contribution is -0.148. The van der Waals surface area contributed by atoms with Crippen LogP contribution >= 0.6 is 23.2 Å². The highest BCUT2D eigenvalue weighted by atomic mass is 35.5. The number of anilines is 1. The van der Waals surface area contributed by atoms with E-state index in [0.29, 0.717) is 12.1 Å². The third-order valence-corrected chi connectivity index (χ3v) is 5.89. The molecule has 0 unspecified atom stereocenters. The quantitative estimate of drug-likeness (QED) is 0.348. The van der Waals surface area contributed by atoms with E-state index in [2.05, 4.69) is 0 Å². The largest absolute Gasteiger partial charge is 0.475 e. The van der Waals surface area contributed by atoms with Crippen molar-refractivity contribution in [1.82, 2.24) is 0 Å². The molecule has 2 rings (SSSR count). The summed E-state index contributed by atoms with van der Waals surface area (Å²) >= 11 is 11.4. The number of rotatable bonds is 7. The van der Waals surface area contributed by atoms with Crippen LogP contribution in [0.1, 0.15) is 22.3 Å². The molecular formula is C17H10Cl2F3NO6S. The third kappa shape index (κ3) is 5.49. The zero-order valence-electron chi connectivity index (χ0n) is 14.5. The fraction of sp³-hybridized carbons (Fsp3) is 0.118. The molecule has 0 radical (unpaired) electrons. The number of carbonyl (C=O) groups is 3. The average Bonchev–Trinajstić information content (AvgIpc) is 2.59. The first-order chi connectivity index (χ1) is 13.7. The molecule has 0 aliphatic carbocycles. The van der Waals surface area contributed by atoms with Crippen molar-refractivity contribution >= 4 is 56.4 Å². The zero-order valence-corrected chi connectivity index (χ0v) is 16.8. The molecule has 0 atom stereocenters. The average molecular weight is 484 g/mol.